The largest absolute Gasteiger partial charge is 0.490 e. The first-order valence-corrected chi connectivity index (χ1v) is 9.91. The molecule has 138 valence electrons. The summed E-state index contributed by atoms with van der Waals surface area (Å²) >= 11 is 3.56. The number of nitriles is 1. The van der Waals surface area contributed by atoms with Crippen molar-refractivity contribution in [3.63, 3.8) is 0 Å². The number of benzene rings is 1. The van der Waals surface area contributed by atoms with Gasteiger partial charge in [-0.2, -0.15) is 5.26 Å². The second-order valence-electron chi connectivity index (χ2n) is 8.02. The fourth-order valence-corrected chi connectivity index (χ4v) is 4.51. The van der Waals surface area contributed by atoms with E-state index in [1.165, 1.54) is 0 Å². The van der Waals surface area contributed by atoms with Crippen molar-refractivity contribution in [2.75, 3.05) is 0 Å². The normalized spacial score (nSPS) is 19.3. The molecule has 27 heavy (non-hydrogen) atoms. The predicted octanol–water partition coefficient (Wildman–Crippen LogP) is 5.14. The molecule has 2 aromatic rings. The lowest BCUT2D eigenvalue weighted by Crippen LogP contribution is -2.30. The van der Waals surface area contributed by atoms with Gasteiger partial charge in [0.15, 0.2) is 5.78 Å². The van der Waals surface area contributed by atoms with Gasteiger partial charge < -0.3 is 9.72 Å². The molecule has 0 bridgehead atoms. The molecule has 1 aromatic heterocycles. The molecule has 5 heteroatoms. The number of aromatic nitrogens is 1. The Morgan fingerprint density at radius 1 is 1.37 bits per heavy atom. The predicted molar refractivity (Wildman–Crippen MR) is 108 cm³/mol. The van der Waals surface area contributed by atoms with Crippen molar-refractivity contribution in [1.29, 1.82) is 5.26 Å². The number of allylic oxidation sites excluding steroid dienone is 1. The third-order valence-electron chi connectivity index (χ3n) is 5.41. The highest BCUT2D eigenvalue weighted by atomic mass is 79.9. The Labute approximate surface area is 167 Å². The van der Waals surface area contributed by atoms with Crippen molar-refractivity contribution in [2.24, 2.45) is 5.92 Å². The summed E-state index contributed by atoms with van der Waals surface area (Å²) in [5.74, 6) is 0.612. The summed E-state index contributed by atoms with van der Waals surface area (Å²) < 4.78 is 6.71. The van der Waals surface area contributed by atoms with Gasteiger partial charge in [0, 0.05) is 34.4 Å². The Bertz CT molecular complexity index is 1040. The molecule has 1 heterocycles. The molecule has 4 rings (SSSR count). The van der Waals surface area contributed by atoms with Crippen molar-refractivity contribution >= 4 is 27.8 Å². The van der Waals surface area contributed by atoms with Crippen molar-refractivity contribution in [3.8, 4) is 11.8 Å². The van der Waals surface area contributed by atoms with Crippen LogP contribution in [0.15, 0.2) is 22.7 Å². The summed E-state index contributed by atoms with van der Waals surface area (Å²) in [5, 5.41) is 9.25. The van der Waals surface area contributed by atoms with Crippen LogP contribution >= 0.6 is 15.9 Å². The van der Waals surface area contributed by atoms with E-state index < -0.39 is 0 Å². The Kier molecular flexibility index (Phi) is 4.08. The van der Waals surface area contributed by atoms with Gasteiger partial charge in [-0.15, -0.1) is 0 Å². The second kappa shape index (κ2) is 6.10. The standard InChI is InChI=1S/C22H21BrN2O2/c1-11(2)27-18-9-15-14(8-16(18)23)20(26)19-13-6-5-12(10-24)7-17(13)25-21(19)22(15,3)4/h5-6,8-9,11-12,25H,7H2,1-4H3. The fourth-order valence-electron chi connectivity index (χ4n) is 4.08. The van der Waals surface area contributed by atoms with Crippen LogP contribution in [0.1, 0.15) is 66.1 Å². The number of aromatic amines is 1. The number of carbonyl (C=O) groups excluding carboxylic acids is 1. The van der Waals surface area contributed by atoms with Gasteiger partial charge in [-0.3, -0.25) is 4.79 Å². The summed E-state index contributed by atoms with van der Waals surface area (Å²) in [7, 11) is 0. The van der Waals surface area contributed by atoms with Crippen LogP contribution in [0.3, 0.4) is 0 Å². The Balaban J connectivity index is 1.91. The van der Waals surface area contributed by atoms with E-state index in [1.807, 2.05) is 38.1 Å². The highest BCUT2D eigenvalue weighted by molar-refractivity contribution is 9.10. The SMILES string of the molecule is CC(C)Oc1cc2c(cc1Br)C(=O)c1c([nH]c3c1C=CC(C#N)C3)C2(C)C. The lowest BCUT2D eigenvalue weighted by molar-refractivity contribution is 0.103. The first-order chi connectivity index (χ1) is 12.7. The molecule has 1 N–H and O–H groups in total. The summed E-state index contributed by atoms with van der Waals surface area (Å²) in [6, 6.07) is 6.15. The molecule has 1 atom stereocenters. The lowest BCUT2D eigenvalue weighted by Gasteiger charge is -2.33. The van der Waals surface area contributed by atoms with Crippen molar-refractivity contribution < 1.29 is 9.53 Å². The molecule has 2 aliphatic carbocycles. The molecule has 4 nitrogen and oxygen atoms in total. The van der Waals surface area contributed by atoms with E-state index >= 15 is 0 Å². The lowest BCUT2D eigenvalue weighted by atomic mass is 9.71. The minimum atomic E-state index is -0.373. The molecule has 0 amide bonds. The zero-order chi connectivity index (χ0) is 19.5. The van der Waals surface area contributed by atoms with E-state index in [2.05, 4.69) is 40.8 Å². The monoisotopic (exact) mass is 424 g/mol. The van der Waals surface area contributed by atoms with Crippen LogP contribution in [-0.2, 0) is 11.8 Å². The van der Waals surface area contributed by atoms with Crippen LogP contribution in [-0.4, -0.2) is 16.9 Å². The molecular weight excluding hydrogens is 404 g/mol. The number of hydrogen-bond acceptors (Lipinski definition) is 3. The van der Waals surface area contributed by atoms with E-state index in [0.717, 1.165) is 38.3 Å². The molecule has 0 saturated heterocycles. The number of ether oxygens (including phenoxy) is 1. The Hall–Kier alpha value is -2.32. The Morgan fingerprint density at radius 2 is 2.11 bits per heavy atom. The van der Waals surface area contributed by atoms with E-state index in [-0.39, 0.29) is 23.2 Å². The number of nitrogens with one attached hydrogen (secondary N) is 1. The zero-order valence-electron chi connectivity index (χ0n) is 15.8. The highest BCUT2D eigenvalue weighted by Gasteiger charge is 2.41. The van der Waals surface area contributed by atoms with Gasteiger partial charge in [0.05, 0.1) is 28.1 Å². The quantitative estimate of drug-likeness (QED) is 0.724. The van der Waals surface area contributed by atoms with Gasteiger partial charge >= 0.3 is 0 Å². The minimum absolute atomic E-state index is 0.0219. The number of nitrogens with zero attached hydrogens (tertiary/aromatic N) is 1. The van der Waals surface area contributed by atoms with Gasteiger partial charge in [-0.1, -0.05) is 26.0 Å². The number of fused-ring (bicyclic) bond motifs is 4. The van der Waals surface area contributed by atoms with Crippen LogP contribution in [0.2, 0.25) is 0 Å². The Morgan fingerprint density at radius 3 is 2.78 bits per heavy atom. The zero-order valence-corrected chi connectivity index (χ0v) is 17.4. The third-order valence-corrected chi connectivity index (χ3v) is 6.03. The summed E-state index contributed by atoms with van der Waals surface area (Å²) in [6.07, 6.45) is 4.47. The van der Waals surface area contributed by atoms with E-state index in [9.17, 15) is 10.1 Å². The molecule has 1 aromatic carbocycles. The molecule has 0 saturated carbocycles. The number of hydrogen-bond donors (Lipinski definition) is 1. The number of halogens is 1. The number of H-pyrrole nitrogens is 1. The average molecular weight is 425 g/mol. The minimum Gasteiger partial charge on any atom is -0.490 e. The van der Waals surface area contributed by atoms with E-state index in [4.69, 9.17) is 4.74 Å². The van der Waals surface area contributed by atoms with Gasteiger partial charge in [0.2, 0.25) is 0 Å². The fraction of sp³-hybridized carbons (Fsp3) is 0.364. The van der Waals surface area contributed by atoms with Gasteiger partial charge in [0.25, 0.3) is 0 Å². The molecule has 0 aliphatic heterocycles. The summed E-state index contributed by atoms with van der Waals surface area (Å²) in [6.45, 7) is 8.21. The topological polar surface area (TPSA) is 65.9 Å². The summed E-state index contributed by atoms with van der Waals surface area (Å²) in [4.78, 5) is 16.9. The van der Waals surface area contributed by atoms with Crippen molar-refractivity contribution in [3.05, 3.63) is 56.3 Å². The van der Waals surface area contributed by atoms with Crippen molar-refractivity contribution in [2.45, 2.75) is 45.6 Å². The van der Waals surface area contributed by atoms with Crippen LogP contribution in [0.25, 0.3) is 6.08 Å². The second-order valence-corrected chi connectivity index (χ2v) is 8.87. The van der Waals surface area contributed by atoms with Gasteiger partial charge in [-0.05, 0) is 47.5 Å². The summed E-state index contributed by atoms with van der Waals surface area (Å²) in [5.41, 5.74) is 4.85. The van der Waals surface area contributed by atoms with Crippen LogP contribution in [0.5, 0.6) is 5.75 Å². The average Bonchev–Trinajstić information content (AvgIpc) is 3.00. The maximum Gasteiger partial charge on any atom is 0.195 e. The molecule has 1 unspecified atom stereocenters. The van der Waals surface area contributed by atoms with E-state index in [1.54, 1.807) is 0 Å². The van der Waals surface area contributed by atoms with E-state index in [0.29, 0.717) is 12.0 Å². The van der Waals surface area contributed by atoms with Gasteiger partial charge in [-0.25, -0.2) is 0 Å². The third kappa shape index (κ3) is 2.66. The van der Waals surface area contributed by atoms with Crippen LogP contribution < -0.4 is 4.74 Å². The highest BCUT2D eigenvalue weighted by Crippen LogP contribution is 2.46. The molecule has 0 spiro atoms. The molecule has 2 aliphatic rings. The first kappa shape index (κ1) is 18.1. The van der Waals surface area contributed by atoms with Gasteiger partial charge in [0.1, 0.15) is 5.75 Å². The molecule has 0 fully saturated rings. The first-order valence-electron chi connectivity index (χ1n) is 9.12. The maximum atomic E-state index is 13.4. The number of carbonyl (C=O) groups is 1. The number of rotatable bonds is 2. The van der Waals surface area contributed by atoms with Crippen LogP contribution in [0.4, 0.5) is 0 Å². The van der Waals surface area contributed by atoms with Crippen molar-refractivity contribution in [1.82, 2.24) is 4.98 Å². The maximum absolute atomic E-state index is 13.4. The number of ketones is 1. The molecular formula is C22H21BrN2O2. The van der Waals surface area contributed by atoms with Crippen LogP contribution in [0, 0.1) is 17.2 Å². The molecule has 0 radical (unpaired) electrons. The smallest absolute Gasteiger partial charge is 0.195 e.